The van der Waals surface area contributed by atoms with Crippen LogP contribution in [0.4, 0.5) is 5.00 Å². The van der Waals surface area contributed by atoms with Crippen molar-refractivity contribution >= 4 is 28.2 Å². The second-order valence-electron chi connectivity index (χ2n) is 8.68. The van der Waals surface area contributed by atoms with Crippen LogP contribution in [0.25, 0.3) is 0 Å². The molecule has 29 heavy (non-hydrogen) atoms. The molecule has 0 bridgehead atoms. The fourth-order valence-electron chi connectivity index (χ4n) is 4.13. The molecule has 0 unspecified atom stereocenters. The zero-order valence-electron chi connectivity index (χ0n) is 17.8. The molecule has 1 aliphatic heterocycles. The summed E-state index contributed by atoms with van der Waals surface area (Å²) in [4.78, 5) is 26.5. The molecule has 1 aromatic heterocycles. The van der Waals surface area contributed by atoms with Gasteiger partial charge in [0.2, 0.25) is 5.91 Å². The highest BCUT2D eigenvalue weighted by molar-refractivity contribution is 7.17. The van der Waals surface area contributed by atoms with Gasteiger partial charge in [-0.1, -0.05) is 30.3 Å². The molecular weight excluding hydrogens is 384 g/mol. The van der Waals surface area contributed by atoms with Crippen LogP contribution in [-0.4, -0.2) is 24.0 Å². The number of nitrogens with one attached hydrogen (secondary N) is 2. The van der Waals surface area contributed by atoms with Gasteiger partial charge in [0.25, 0.3) is 0 Å². The maximum Gasteiger partial charge on any atom is 0.341 e. The molecule has 5 nitrogen and oxygen atoms in total. The molecule has 0 radical (unpaired) electrons. The van der Waals surface area contributed by atoms with Gasteiger partial charge in [-0.3, -0.25) is 4.79 Å². The van der Waals surface area contributed by atoms with Crippen LogP contribution in [-0.2, 0) is 27.9 Å². The molecular formula is C23H30N2O3S. The summed E-state index contributed by atoms with van der Waals surface area (Å²) in [6, 6.07) is 9.92. The third-order valence-electron chi connectivity index (χ3n) is 5.06. The molecule has 0 saturated carbocycles. The smallest absolute Gasteiger partial charge is 0.341 e. The van der Waals surface area contributed by atoms with Crippen molar-refractivity contribution in [3.63, 3.8) is 0 Å². The van der Waals surface area contributed by atoms with Gasteiger partial charge in [-0.15, -0.1) is 11.3 Å². The fourth-order valence-corrected chi connectivity index (χ4v) is 5.41. The lowest BCUT2D eigenvalue weighted by Gasteiger charge is -2.42. The summed E-state index contributed by atoms with van der Waals surface area (Å²) < 4.78 is 5.34. The van der Waals surface area contributed by atoms with Crippen molar-refractivity contribution in [2.45, 2.75) is 65.0 Å². The molecule has 1 amide bonds. The fraction of sp³-hybridized carbons (Fsp3) is 0.478. The Morgan fingerprint density at radius 2 is 1.86 bits per heavy atom. The normalized spacial score (nSPS) is 16.7. The molecule has 1 aliphatic rings. The summed E-state index contributed by atoms with van der Waals surface area (Å²) in [5.41, 5.74) is 2.16. The van der Waals surface area contributed by atoms with Gasteiger partial charge in [0, 0.05) is 22.4 Å². The van der Waals surface area contributed by atoms with E-state index >= 15 is 0 Å². The molecule has 0 saturated heterocycles. The monoisotopic (exact) mass is 414 g/mol. The molecule has 1 aromatic carbocycles. The number of carbonyl (C=O) groups is 2. The maximum absolute atomic E-state index is 12.8. The minimum atomic E-state index is -0.364. The number of ether oxygens (including phenoxy) is 1. The van der Waals surface area contributed by atoms with E-state index in [1.54, 1.807) is 6.92 Å². The molecule has 2 N–H and O–H groups in total. The average Bonchev–Trinajstić information content (AvgIpc) is 2.98. The third-order valence-corrected chi connectivity index (χ3v) is 6.53. The van der Waals surface area contributed by atoms with Crippen LogP contribution in [0.2, 0.25) is 0 Å². The Kier molecular flexibility index (Phi) is 6.15. The number of hydrogen-bond donors (Lipinski definition) is 2. The number of amides is 1. The van der Waals surface area contributed by atoms with Crippen LogP contribution in [0.3, 0.4) is 0 Å². The molecule has 2 heterocycles. The lowest BCUT2D eigenvalue weighted by molar-refractivity contribution is -0.116. The number of rotatable bonds is 6. The number of fused-ring (bicyclic) bond motifs is 1. The zero-order chi connectivity index (χ0) is 21.2. The number of esters is 1. The summed E-state index contributed by atoms with van der Waals surface area (Å²) in [5.74, 6) is -0.458. The Morgan fingerprint density at radius 1 is 1.17 bits per heavy atom. The summed E-state index contributed by atoms with van der Waals surface area (Å²) in [6.07, 6.45) is 1.73. The second-order valence-corrected chi connectivity index (χ2v) is 9.70. The molecule has 3 rings (SSSR count). The van der Waals surface area contributed by atoms with Gasteiger partial charge in [-0.25, -0.2) is 4.79 Å². The third kappa shape index (κ3) is 4.87. The van der Waals surface area contributed by atoms with Crippen molar-refractivity contribution in [3.05, 3.63) is 51.9 Å². The number of hydrogen-bond acceptors (Lipinski definition) is 5. The first-order valence-corrected chi connectivity index (χ1v) is 10.9. The number of aryl methyl sites for hydroxylation is 1. The van der Waals surface area contributed by atoms with Crippen molar-refractivity contribution in [1.82, 2.24) is 5.32 Å². The van der Waals surface area contributed by atoms with Gasteiger partial charge < -0.3 is 15.4 Å². The van der Waals surface area contributed by atoms with E-state index < -0.39 is 0 Å². The first-order chi connectivity index (χ1) is 13.6. The van der Waals surface area contributed by atoms with E-state index in [2.05, 4.69) is 38.3 Å². The number of benzene rings is 1. The van der Waals surface area contributed by atoms with Crippen LogP contribution in [0, 0.1) is 0 Å². The first kappa shape index (κ1) is 21.5. The quantitative estimate of drug-likeness (QED) is 0.675. The SMILES string of the molecule is CCOC(=O)c1c(NC(=O)CCc2ccccc2)sc2c1CC(C)(C)NC2(C)C. The summed E-state index contributed by atoms with van der Waals surface area (Å²) in [5, 5.41) is 7.24. The summed E-state index contributed by atoms with van der Waals surface area (Å²) in [6.45, 7) is 10.6. The predicted octanol–water partition coefficient (Wildman–Crippen LogP) is 4.66. The van der Waals surface area contributed by atoms with Crippen LogP contribution >= 0.6 is 11.3 Å². The van der Waals surface area contributed by atoms with Gasteiger partial charge in [0.15, 0.2) is 0 Å². The Balaban J connectivity index is 1.89. The maximum atomic E-state index is 12.8. The van der Waals surface area contributed by atoms with Crippen LogP contribution in [0.5, 0.6) is 0 Å². The molecule has 0 spiro atoms. The van der Waals surface area contributed by atoms with Crippen LogP contribution in [0.15, 0.2) is 30.3 Å². The van der Waals surface area contributed by atoms with Gasteiger partial charge in [-0.05, 0) is 58.6 Å². The predicted molar refractivity (Wildman–Crippen MR) is 118 cm³/mol. The molecule has 0 atom stereocenters. The van der Waals surface area contributed by atoms with Crippen molar-refractivity contribution in [2.75, 3.05) is 11.9 Å². The molecule has 156 valence electrons. The lowest BCUT2D eigenvalue weighted by Crippen LogP contribution is -2.55. The summed E-state index contributed by atoms with van der Waals surface area (Å²) >= 11 is 1.48. The van der Waals surface area contributed by atoms with Crippen molar-refractivity contribution in [1.29, 1.82) is 0 Å². The van der Waals surface area contributed by atoms with E-state index in [0.29, 0.717) is 36.4 Å². The highest BCUT2D eigenvalue weighted by Gasteiger charge is 2.42. The van der Waals surface area contributed by atoms with Crippen molar-refractivity contribution in [2.24, 2.45) is 0 Å². The van der Waals surface area contributed by atoms with E-state index in [9.17, 15) is 9.59 Å². The van der Waals surface area contributed by atoms with E-state index in [4.69, 9.17) is 4.74 Å². The van der Waals surface area contributed by atoms with Gasteiger partial charge >= 0.3 is 5.97 Å². The van der Waals surface area contributed by atoms with Crippen molar-refractivity contribution < 1.29 is 14.3 Å². The molecule has 0 aliphatic carbocycles. The Bertz CT molecular complexity index is 900. The molecule has 2 aromatic rings. The minimum Gasteiger partial charge on any atom is -0.462 e. The average molecular weight is 415 g/mol. The highest BCUT2D eigenvalue weighted by atomic mass is 32.1. The minimum absolute atomic E-state index is 0.0944. The molecule has 6 heteroatoms. The Labute approximate surface area is 176 Å². The Hall–Kier alpha value is -2.18. The highest BCUT2D eigenvalue weighted by Crippen LogP contribution is 2.45. The van der Waals surface area contributed by atoms with E-state index in [1.807, 2.05) is 30.3 Å². The van der Waals surface area contributed by atoms with Gasteiger partial charge in [0.1, 0.15) is 5.00 Å². The standard InChI is InChI=1S/C23H30N2O3S/c1-6-28-21(27)18-16-14-22(2,3)25-23(4,5)19(16)29-20(18)24-17(26)13-12-15-10-8-7-9-11-15/h7-11,25H,6,12-14H2,1-5H3,(H,24,26). The lowest BCUT2D eigenvalue weighted by atomic mass is 9.81. The van der Waals surface area contributed by atoms with Crippen LogP contribution in [0.1, 0.15) is 67.4 Å². The number of carbonyl (C=O) groups excluding carboxylic acids is 2. The first-order valence-electron chi connectivity index (χ1n) is 10.1. The van der Waals surface area contributed by atoms with Gasteiger partial charge in [0.05, 0.1) is 12.2 Å². The molecule has 0 fully saturated rings. The van der Waals surface area contributed by atoms with E-state index in [1.165, 1.54) is 11.3 Å². The Morgan fingerprint density at radius 3 is 2.52 bits per heavy atom. The second kappa shape index (κ2) is 8.28. The van der Waals surface area contributed by atoms with Crippen molar-refractivity contribution in [3.8, 4) is 0 Å². The van der Waals surface area contributed by atoms with E-state index in [0.717, 1.165) is 16.0 Å². The largest absolute Gasteiger partial charge is 0.462 e. The van der Waals surface area contributed by atoms with E-state index in [-0.39, 0.29) is 23.0 Å². The van der Waals surface area contributed by atoms with Gasteiger partial charge in [-0.2, -0.15) is 0 Å². The topological polar surface area (TPSA) is 67.4 Å². The summed E-state index contributed by atoms with van der Waals surface area (Å²) in [7, 11) is 0. The number of anilines is 1. The zero-order valence-corrected chi connectivity index (χ0v) is 18.7. The number of thiophene rings is 1. The van der Waals surface area contributed by atoms with Crippen LogP contribution < -0.4 is 10.6 Å².